The molecule has 2 N–H and O–H groups in total. The van der Waals surface area contributed by atoms with Crippen molar-refractivity contribution in [2.45, 2.75) is 65.0 Å². The number of aryl methyl sites for hydroxylation is 1. The number of piperidine rings is 1. The number of nitrogens with zero attached hydrogens (tertiary/aromatic N) is 1. The Morgan fingerprint density at radius 1 is 1.26 bits per heavy atom. The van der Waals surface area contributed by atoms with Crippen molar-refractivity contribution in [1.82, 2.24) is 15.2 Å². The fourth-order valence-corrected chi connectivity index (χ4v) is 3.82. The molecule has 1 aromatic rings. The Morgan fingerprint density at radius 3 is 2.57 bits per heavy atom. The van der Waals surface area contributed by atoms with Crippen LogP contribution in [0.25, 0.3) is 0 Å². The van der Waals surface area contributed by atoms with Crippen molar-refractivity contribution in [3.05, 3.63) is 22.5 Å². The number of Topliss-reactive ketones (excluding diaryl/α,β-unsaturated/α-hetero) is 1. The van der Waals surface area contributed by atoms with Crippen LogP contribution in [0.5, 0.6) is 0 Å². The summed E-state index contributed by atoms with van der Waals surface area (Å²) in [6.45, 7) is 8.36. The van der Waals surface area contributed by atoms with Crippen molar-refractivity contribution in [3.8, 4) is 0 Å². The Morgan fingerprint density at radius 2 is 1.96 bits per heavy atom. The third-order valence-electron chi connectivity index (χ3n) is 5.26. The van der Waals surface area contributed by atoms with Crippen molar-refractivity contribution in [1.29, 1.82) is 0 Å². The number of hydrogen-bond acceptors (Lipinski definition) is 3. The summed E-state index contributed by atoms with van der Waals surface area (Å²) >= 11 is 0. The first-order chi connectivity index (χ1) is 11.0. The molecule has 1 aromatic heterocycles. The molecule has 23 heavy (non-hydrogen) atoms. The van der Waals surface area contributed by atoms with E-state index in [1.165, 1.54) is 0 Å². The summed E-state index contributed by atoms with van der Waals surface area (Å²) < 4.78 is 0. The second-order valence-electron chi connectivity index (χ2n) is 7.13. The Kier molecular flexibility index (Phi) is 4.57. The van der Waals surface area contributed by atoms with Gasteiger partial charge in [0.15, 0.2) is 5.78 Å². The maximum atomic E-state index is 12.6. The van der Waals surface area contributed by atoms with Gasteiger partial charge in [0.1, 0.15) is 5.69 Å². The normalized spacial score (nSPS) is 19.9. The third-order valence-corrected chi connectivity index (χ3v) is 5.26. The molecule has 126 valence electrons. The maximum absolute atomic E-state index is 12.6. The Hall–Kier alpha value is -1.62. The molecule has 1 amide bonds. The molecule has 0 spiro atoms. The zero-order valence-electron chi connectivity index (χ0n) is 14.4. The number of amides is 1. The van der Waals surface area contributed by atoms with Crippen molar-refractivity contribution in [2.75, 3.05) is 13.1 Å². The Balaban J connectivity index is 1.67. The summed E-state index contributed by atoms with van der Waals surface area (Å²) in [5, 5.41) is 3.15. The minimum atomic E-state index is -0.0623. The summed E-state index contributed by atoms with van der Waals surface area (Å²) in [4.78, 5) is 30.3. The number of aromatic amines is 1. The number of ketones is 1. The molecule has 5 heteroatoms. The van der Waals surface area contributed by atoms with E-state index in [0.717, 1.165) is 55.6 Å². The zero-order chi connectivity index (χ0) is 16.6. The molecular formula is C18H27N3O2. The van der Waals surface area contributed by atoms with Crippen LogP contribution in [-0.4, -0.2) is 46.7 Å². The van der Waals surface area contributed by atoms with Crippen LogP contribution in [0, 0.1) is 6.92 Å². The van der Waals surface area contributed by atoms with Crippen LogP contribution in [0.2, 0.25) is 0 Å². The number of nitrogens with one attached hydrogen (secondary N) is 2. The zero-order valence-corrected chi connectivity index (χ0v) is 14.4. The van der Waals surface area contributed by atoms with Gasteiger partial charge in [-0.15, -0.1) is 0 Å². The Bertz CT molecular complexity index is 610. The van der Waals surface area contributed by atoms with E-state index in [9.17, 15) is 9.59 Å². The summed E-state index contributed by atoms with van der Waals surface area (Å²) in [6, 6.07) is 0.794. The fourth-order valence-electron chi connectivity index (χ4n) is 3.82. The molecule has 0 aromatic carbocycles. The van der Waals surface area contributed by atoms with Crippen molar-refractivity contribution >= 4 is 11.7 Å². The molecule has 2 heterocycles. The van der Waals surface area contributed by atoms with Crippen molar-refractivity contribution in [2.24, 2.45) is 0 Å². The fraction of sp³-hybridized carbons (Fsp3) is 0.667. The number of fused-ring (bicyclic) bond motifs is 1. The molecule has 0 radical (unpaired) electrons. The van der Waals surface area contributed by atoms with Crippen LogP contribution in [0.3, 0.4) is 0 Å². The number of carbonyl (C=O) groups excluding carboxylic acids is 2. The van der Waals surface area contributed by atoms with Crippen LogP contribution in [-0.2, 0) is 6.42 Å². The van der Waals surface area contributed by atoms with Crippen molar-refractivity contribution < 1.29 is 9.59 Å². The van der Waals surface area contributed by atoms with Crippen molar-refractivity contribution in [3.63, 3.8) is 0 Å². The summed E-state index contributed by atoms with van der Waals surface area (Å²) in [5.74, 6) is 0.108. The van der Waals surface area contributed by atoms with Gasteiger partial charge in [-0.3, -0.25) is 9.59 Å². The number of likely N-dealkylation sites (tertiary alicyclic amines) is 1. The van der Waals surface area contributed by atoms with Gasteiger partial charge in [-0.05, 0) is 52.0 Å². The van der Waals surface area contributed by atoms with Gasteiger partial charge in [-0.2, -0.15) is 0 Å². The van der Waals surface area contributed by atoms with Gasteiger partial charge < -0.3 is 15.2 Å². The molecule has 0 unspecified atom stereocenters. The highest BCUT2D eigenvalue weighted by Gasteiger charge is 2.28. The lowest BCUT2D eigenvalue weighted by Gasteiger charge is -2.34. The highest BCUT2D eigenvalue weighted by Crippen LogP contribution is 2.26. The summed E-state index contributed by atoms with van der Waals surface area (Å²) in [7, 11) is 0. The van der Waals surface area contributed by atoms with Gasteiger partial charge in [0.05, 0.1) is 0 Å². The van der Waals surface area contributed by atoms with Gasteiger partial charge in [0.2, 0.25) is 0 Å². The highest BCUT2D eigenvalue weighted by molar-refractivity contribution is 6.04. The Labute approximate surface area is 137 Å². The third kappa shape index (κ3) is 3.20. The predicted octanol–water partition coefficient (Wildman–Crippen LogP) is 2.44. The van der Waals surface area contributed by atoms with Gasteiger partial charge in [-0.25, -0.2) is 0 Å². The van der Waals surface area contributed by atoms with E-state index < -0.39 is 0 Å². The first kappa shape index (κ1) is 16.2. The molecule has 0 bridgehead atoms. The molecule has 1 aliphatic heterocycles. The standard InChI is InChI=1S/C18H27N3O2/c1-11(2)21-9-7-13(8-10-21)19-18(23)17-12(3)16-14(20-17)5-4-6-15(16)22/h11,13,20H,4-10H2,1-3H3,(H,19,23). The molecule has 5 nitrogen and oxygen atoms in total. The second kappa shape index (κ2) is 6.48. The largest absolute Gasteiger partial charge is 0.354 e. The molecule has 3 rings (SSSR count). The SMILES string of the molecule is Cc1c(C(=O)NC2CCN(C(C)C)CC2)[nH]c2c1C(=O)CCC2. The topological polar surface area (TPSA) is 65.2 Å². The second-order valence-corrected chi connectivity index (χ2v) is 7.13. The first-order valence-electron chi connectivity index (χ1n) is 8.77. The number of carbonyl (C=O) groups is 2. The lowest BCUT2D eigenvalue weighted by atomic mass is 9.93. The molecule has 2 aliphatic rings. The van der Waals surface area contributed by atoms with E-state index in [0.29, 0.717) is 18.2 Å². The number of hydrogen-bond donors (Lipinski definition) is 2. The van der Waals surface area contributed by atoms with Crippen LogP contribution >= 0.6 is 0 Å². The van der Waals surface area contributed by atoms with E-state index in [1.807, 2.05) is 6.92 Å². The average molecular weight is 317 g/mol. The van der Waals surface area contributed by atoms with E-state index in [1.54, 1.807) is 0 Å². The van der Waals surface area contributed by atoms with Gasteiger partial charge in [0.25, 0.3) is 5.91 Å². The van der Waals surface area contributed by atoms with Crippen LogP contribution in [0.15, 0.2) is 0 Å². The van der Waals surface area contributed by atoms with E-state index >= 15 is 0 Å². The molecular weight excluding hydrogens is 290 g/mol. The smallest absolute Gasteiger partial charge is 0.268 e. The van der Waals surface area contributed by atoms with E-state index in [4.69, 9.17) is 0 Å². The lowest BCUT2D eigenvalue weighted by Crippen LogP contribution is -2.46. The molecule has 0 atom stereocenters. The molecule has 1 saturated heterocycles. The summed E-state index contributed by atoms with van der Waals surface area (Å²) in [6.07, 6.45) is 4.31. The highest BCUT2D eigenvalue weighted by atomic mass is 16.2. The maximum Gasteiger partial charge on any atom is 0.268 e. The lowest BCUT2D eigenvalue weighted by molar-refractivity contribution is 0.0895. The van der Waals surface area contributed by atoms with E-state index in [-0.39, 0.29) is 17.7 Å². The van der Waals surface area contributed by atoms with Crippen LogP contribution in [0.1, 0.15) is 71.6 Å². The van der Waals surface area contributed by atoms with Crippen LogP contribution in [0.4, 0.5) is 0 Å². The number of H-pyrrole nitrogens is 1. The minimum absolute atomic E-state index is 0.0623. The minimum Gasteiger partial charge on any atom is -0.354 e. The monoisotopic (exact) mass is 317 g/mol. The molecule has 0 saturated carbocycles. The average Bonchev–Trinajstić information content (AvgIpc) is 2.86. The summed E-state index contributed by atoms with van der Waals surface area (Å²) in [5.41, 5.74) is 3.10. The van der Waals surface area contributed by atoms with Gasteiger partial charge in [0, 0.05) is 42.9 Å². The predicted molar refractivity (Wildman–Crippen MR) is 90.0 cm³/mol. The number of rotatable bonds is 3. The van der Waals surface area contributed by atoms with Gasteiger partial charge >= 0.3 is 0 Å². The van der Waals surface area contributed by atoms with Gasteiger partial charge in [-0.1, -0.05) is 0 Å². The molecule has 1 aliphatic carbocycles. The van der Waals surface area contributed by atoms with E-state index in [2.05, 4.69) is 29.0 Å². The van der Waals surface area contributed by atoms with Crippen LogP contribution < -0.4 is 5.32 Å². The molecule has 1 fully saturated rings. The quantitative estimate of drug-likeness (QED) is 0.900. The number of aromatic nitrogens is 1. The first-order valence-corrected chi connectivity index (χ1v) is 8.77.